The molecule has 1 amide bonds. The molecule has 0 spiro atoms. The zero-order chi connectivity index (χ0) is 15.7. The molecule has 0 atom stereocenters. The number of nitrogens with zero attached hydrogens (tertiary/aromatic N) is 2. The Morgan fingerprint density at radius 1 is 1.32 bits per heavy atom. The molecule has 0 saturated carbocycles. The Balaban J connectivity index is 2.35. The number of hydrogen-bond donors (Lipinski definition) is 3. The molecule has 0 aliphatic heterocycles. The van der Waals surface area contributed by atoms with E-state index < -0.39 is 5.91 Å². The van der Waals surface area contributed by atoms with Crippen LogP contribution in [0.15, 0.2) is 30.3 Å². The first-order valence-electron chi connectivity index (χ1n) is 7.33. The molecule has 0 bridgehead atoms. The summed E-state index contributed by atoms with van der Waals surface area (Å²) in [5, 5.41) is 5.09. The SMILES string of the molecule is CCn1c2ccccc2c2cc(C(N)=O)c(NCCN)nc21. The molecule has 0 saturated heterocycles. The van der Waals surface area contributed by atoms with Crippen LogP contribution in [0.4, 0.5) is 5.82 Å². The van der Waals surface area contributed by atoms with E-state index in [9.17, 15) is 4.79 Å². The number of para-hydroxylation sites is 1. The molecule has 0 fully saturated rings. The number of benzene rings is 1. The molecule has 0 aliphatic carbocycles. The van der Waals surface area contributed by atoms with Crippen LogP contribution in [-0.4, -0.2) is 28.5 Å². The summed E-state index contributed by atoms with van der Waals surface area (Å²) in [5.41, 5.74) is 13.4. The van der Waals surface area contributed by atoms with Gasteiger partial charge in [0.25, 0.3) is 5.91 Å². The van der Waals surface area contributed by atoms with Crippen molar-refractivity contribution >= 4 is 33.7 Å². The summed E-state index contributed by atoms with van der Waals surface area (Å²) in [4.78, 5) is 16.4. The summed E-state index contributed by atoms with van der Waals surface area (Å²) in [6, 6.07) is 9.88. The highest BCUT2D eigenvalue weighted by atomic mass is 16.1. The van der Waals surface area contributed by atoms with E-state index in [-0.39, 0.29) is 0 Å². The van der Waals surface area contributed by atoms with Crippen molar-refractivity contribution in [2.45, 2.75) is 13.5 Å². The molecule has 1 aromatic carbocycles. The molecule has 3 aromatic rings. The number of amides is 1. The maximum absolute atomic E-state index is 11.7. The average molecular weight is 297 g/mol. The Kier molecular flexibility index (Phi) is 3.68. The van der Waals surface area contributed by atoms with Crippen LogP contribution in [0.1, 0.15) is 17.3 Å². The third kappa shape index (κ3) is 2.17. The fourth-order valence-corrected chi connectivity index (χ4v) is 2.79. The lowest BCUT2D eigenvalue weighted by Gasteiger charge is -2.10. The van der Waals surface area contributed by atoms with Crippen molar-refractivity contribution in [1.29, 1.82) is 0 Å². The molecule has 6 nitrogen and oxygen atoms in total. The number of fused-ring (bicyclic) bond motifs is 3. The van der Waals surface area contributed by atoms with Gasteiger partial charge in [-0.05, 0) is 19.1 Å². The summed E-state index contributed by atoms with van der Waals surface area (Å²) in [5.74, 6) is -0.00907. The lowest BCUT2D eigenvalue weighted by atomic mass is 10.1. The fourth-order valence-electron chi connectivity index (χ4n) is 2.79. The first-order valence-corrected chi connectivity index (χ1v) is 7.33. The molecular formula is C16H19N5O. The number of nitrogens with two attached hydrogens (primary N) is 2. The van der Waals surface area contributed by atoms with E-state index >= 15 is 0 Å². The Bertz CT molecular complexity index is 852. The maximum Gasteiger partial charge on any atom is 0.252 e. The van der Waals surface area contributed by atoms with Gasteiger partial charge in [-0.15, -0.1) is 0 Å². The van der Waals surface area contributed by atoms with Crippen molar-refractivity contribution in [1.82, 2.24) is 9.55 Å². The standard InChI is InChI=1S/C16H19N5O/c1-2-21-13-6-4-3-5-10(13)11-9-12(14(18)22)15(19-8-7-17)20-16(11)21/h3-6,9H,2,7-8,17H2,1H3,(H2,18,22)(H,19,20). The van der Waals surface area contributed by atoms with Gasteiger partial charge in [0.15, 0.2) is 0 Å². The molecule has 0 unspecified atom stereocenters. The van der Waals surface area contributed by atoms with Crippen LogP contribution in [0.3, 0.4) is 0 Å². The predicted octanol–water partition coefficient (Wildman–Crippen LogP) is 1.68. The van der Waals surface area contributed by atoms with Gasteiger partial charge in [0.2, 0.25) is 0 Å². The van der Waals surface area contributed by atoms with Crippen molar-refractivity contribution in [2.24, 2.45) is 11.5 Å². The van der Waals surface area contributed by atoms with Crippen molar-refractivity contribution in [3.05, 3.63) is 35.9 Å². The monoisotopic (exact) mass is 297 g/mol. The average Bonchev–Trinajstić information content (AvgIpc) is 2.84. The number of pyridine rings is 1. The van der Waals surface area contributed by atoms with Crippen LogP contribution in [0, 0.1) is 0 Å². The van der Waals surface area contributed by atoms with Gasteiger partial charge in [0.05, 0.1) is 11.1 Å². The van der Waals surface area contributed by atoms with Crippen LogP contribution in [0.5, 0.6) is 0 Å². The minimum atomic E-state index is -0.498. The Labute approximate surface area is 128 Å². The van der Waals surface area contributed by atoms with E-state index in [1.807, 2.05) is 24.3 Å². The van der Waals surface area contributed by atoms with Gasteiger partial charge >= 0.3 is 0 Å². The quantitative estimate of drug-likeness (QED) is 0.667. The summed E-state index contributed by atoms with van der Waals surface area (Å²) >= 11 is 0. The largest absolute Gasteiger partial charge is 0.368 e. The van der Waals surface area contributed by atoms with E-state index in [1.54, 1.807) is 0 Å². The molecular weight excluding hydrogens is 278 g/mol. The van der Waals surface area contributed by atoms with Gasteiger partial charge in [-0.3, -0.25) is 4.79 Å². The van der Waals surface area contributed by atoms with E-state index in [0.717, 1.165) is 28.5 Å². The number of carbonyl (C=O) groups is 1. The third-order valence-corrected chi connectivity index (χ3v) is 3.76. The van der Waals surface area contributed by atoms with Crippen molar-refractivity contribution in [2.75, 3.05) is 18.4 Å². The topological polar surface area (TPSA) is 99.0 Å². The van der Waals surface area contributed by atoms with Crippen LogP contribution < -0.4 is 16.8 Å². The lowest BCUT2D eigenvalue weighted by Crippen LogP contribution is -2.19. The van der Waals surface area contributed by atoms with Gasteiger partial charge in [0, 0.05) is 30.4 Å². The highest BCUT2D eigenvalue weighted by Crippen LogP contribution is 2.30. The Morgan fingerprint density at radius 3 is 2.77 bits per heavy atom. The number of nitrogens with one attached hydrogen (secondary N) is 1. The number of aryl methyl sites for hydroxylation is 1. The normalized spacial score (nSPS) is 11.2. The minimum Gasteiger partial charge on any atom is -0.368 e. The number of rotatable bonds is 5. The first kappa shape index (κ1) is 14.3. The number of aromatic nitrogens is 2. The highest BCUT2D eigenvalue weighted by molar-refractivity contribution is 6.10. The van der Waals surface area contributed by atoms with Crippen molar-refractivity contribution in [3.8, 4) is 0 Å². The molecule has 3 rings (SSSR count). The van der Waals surface area contributed by atoms with E-state index in [0.29, 0.717) is 24.5 Å². The number of hydrogen-bond acceptors (Lipinski definition) is 4. The summed E-state index contributed by atoms with van der Waals surface area (Å²) < 4.78 is 2.13. The van der Waals surface area contributed by atoms with Crippen molar-refractivity contribution in [3.63, 3.8) is 0 Å². The van der Waals surface area contributed by atoms with E-state index in [1.165, 1.54) is 0 Å². The second-order valence-electron chi connectivity index (χ2n) is 5.10. The summed E-state index contributed by atoms with van der Waals surface area (Å²) in [6.07, 6.45) is 0. The maximum atomic E-state index is 11.7. The summed E-state index contributed by atoms with van der Waals surface area (Å²) in [6.45, 7) is 3.85. The van der Waals surface area contributed by atoms with Crippen LogP contribution in [0.25, 0.3) is 21.9 Å². The molecule has 2 heterocycles. The van der Waals surface area contributed by atoms with E-state index in [4.69, 9.17) is 11.5 Å². The lowest BCUT2D eigenvalue weighted by molar-refractivity contribution is 0.100. The van der Waals surface area contributed by atoms with Gasteiger partial charge in [-0.25, -0.2) is 4.98 Å². The van der Waals surface area contributed by atoms with Gasteiger partial charge in [-0.2, -0.15) is 0 Å². The number of primary amides is 1. The van der Waals surface area contributed by atoms with Gasteiger partial charge in [-0.1, -0.05) is 18.2 Å². The van der Waals surface area contributed by atoms with Crippen molar-refractivity contribution < 1.29 is 4.79 Å². The second kappa shape index (κ2) is 5.65. The van der Waals surface area contributed by atoms with Gasteiger partial charge in [0.1, 0.15) is 11.5 Å². The molecule has 5 N–H and O–H groups in total. The third-order valence-electron chi connectivity index (χ3n) is 3.76. The van der Waals surface area contributed by atoms with E-state index in [2.05, 4.69) is 27.9 Å². The van der Waals surface area contributed by atoms with Crippen LogP contribution in [-0.2, 0) is 6.54 Å². The Morgan fingerprint density at radius 2 is 2.09 bits per heavy atom. The molecule has 2 aromatic heterocycles. The molecule has 114 valence electrons. The predicted molar refractivity (Wildman–Crippen MR) is 89.0 cm³/mol. The highest BCUT2D eigenvalue weighted by Gasteiger charge is 2.17. The minimum absolute atomic E-state index is 0.389. The van der Waals surface area contributed by atoms with Crippen LogP contribution in [0.2, 0.25) is 0 Å². The second-order valence-corrected chi connectivity index (χ2v) is 5.10. The molecule has 22 heavy (non-hydrogen) atoms. The molecule has 0 aliphatic rings. The smallest absolute Gasteiger partial charge is 0.252 e. The first-order chi connectivity index (χ1) is 10.7. The molecule has 0 radical (unpaired) electrons. The van der Waals surface area contributed by atoms with Gasteiger partial charge < -0.3 is 21.4 Å². The Hall–Kier alpha value is -2.60. The fraction of sp³-hybridized carbons (Fsp3) is 0.250. The zero-order valence-electron chi connectivity index (χ0n) is 12.5. The van der Waals surface area contributed by atoms with Crippen LogP contribution >= 0.6 is 0 Å². The molecule has 6 heteroatoms. The number of anilines is 1. The summed E-state index contributed by atoms with van der Waals surface area (Å²) in [7, 11) is 0. The number of carbonyl (C=O) groups excluding carboxylic acids is 1. The zero-order valence-corrected chi connectivity index (χ0v) is 12.5.